The average Bonchev–Trinajstić information content (AvgIpc) is 3.14. The van der Waals surface area contributed by atoms with Crippen molar-refractivity contribution < 1.29 is 4.39 Å². The molecule has 6 nitrogen and oxygen atoms in total. The van der Waals surface area contributed by atoms with Crippen LogP contribution in [0.2, 0.25) is 5.02 Å². The van der Waals surface area contributed by atoms with Gasteiger partial charge in [0.25, 0.3) is 0 Å². The number of anilines is 1. The van der Waals surface area contributed by atoms with Gasteiger partial charge in [-0.05, 0) is 36.8 Å². The van der Waals surface area contributed by atoms with Crippen LogP contribution in [0, 0.1) is 17.1 Å². The van der Waals surface area contributed by atoms with Gasteiger partial charge in [0.15, 0.2) is 5.96 Å². The van der Waals surface area contributed by atoms with Crippen LogP contribution < -0.4 is 15.5 Å². The van der Waals surface area contributed by atoms with Crippen molar-refractivity contribution in [2.24, 2.45) is 4.99 Å². The van der Waals surface area contributed by atoms with Gasteiger partial charge in [0.1, 0.15) is 11.6 Å². The van der Waals surface area contributed by atoms with Crippen LogP contribution in [-0.4, -0.2) is 37.1 Å². The quantitative estimate of drug-likeness (QED) is 0.624. The summed E-state index contributed by atoms with van der Waals surface area (Å²) in [6.07, 6.45) is 2.64. The molecule has 1 aromatic heterocycles. The van der Waals surface area contributed by atoms with E-state index >= 15 is 0 Å². The second-order valence-corrected chi connectivity index (χ2v) is 6.64. The Morgan fingerprint density at radius 1 is 1.48 bits per heavy atom. The maximum atomic E-state index is 13.9. The van der Waals surface area contributed by atoms with E-state index in [0.717, 1.165) is 25.3 Å². The van der Waals surface area contributed by atoms with Gasteiger partial charge < -0.3 is 15.5 Å². The molecule has 140 valence electrons. The van der Waals surface area contributed by atoms with Crippen molar-refractivity contribution in [1.29, 1.82) is 5.26 Å². The SMILES string of the molecule is CN=C(NCc1cc(C#N)ccc1F)NC1CCN(c2ncccc2Cl)C1. The van der Waals surface area contributed by atoms with Gasteiger partial charge in [-0.1, -0.05) is 11.6 Å². The molecule has 0 radical (unpaired) electrons. The highest BCUT2D eigenvalue weighted by atomic mass is 35.5. The van der Waals surface area contributed by atoms with Gasteiger partial charge in [-0.2, -0.15) is 5.26 Å². The second-order valence-electron chi connectivity index (χ2n) is 6.23. The molecule has 1 saturated heterocycles. The van der Waals surface area contributed by atoms with E-state index < -0.39 is 0 Å². The summed E-state index contributed by atoms with van der Waals surface area (Å²) in [5.41, 5.74) is 0.847. The largest absolute Gasteiger partial charge is 0.353 e. The Bertz CT molecular complexity index is 879. The highest BCUT2D eigenvalue weighted by Crippen LogP contribution is 2.25. The van der Waals surface area contributed by atoms with Crippen molar-refractivity contribution >= 4 is 23.4 Å². The van der Waals surface area contributed by atoms with Crippen molar-refractivity contribution in [3.05, 3.63) is 58.5 Å². The lowest BCUT2D eigenvalue weighted by Crippen LogP contribution is -2.44. The molecule has 1 fully saturated rings. The number of halogens is 2. The normalized spacial score (nSPS) is 16.9. The van der Waals surface area contributed by atoms with E-state index in [2.05, 4.69) is 25.5 Å². The molecule has 0 saturated carbocycles. The highest BCUT2D eigenvalue weighted by molar-refractivity contribution is 6.32. The molecule has 1 aromatic carbocycles. The highest BCUT2D eigenvalue weighted by Gasteiger charge is 2.25. The summed E-state index contributed by atoms with van der Waals surface area (Å²) >= 11 is 6.22. The lowest BCUT2D eigenvalue weighted by Gasteiger charge is -2.20. The molecule has 1 atom stereocenters. The van der Waals surface area contributed by atoms with Crippen LogP contribution >= 0.6 is 11.6 Å². The zero-order valence-corrected chi connectivity index (χ0v) is 15.7. The van der Waals surface area contributed by atoms with Gasteiger partial charge >= 0.3 is 0 Å². The molecule has 0 aliphatic carbocycles. The van der Waals surface area contributed by atoms with Gasteiger partial charge in [0, 0.05) is 44.5 Å². The number of aromatic nitrogens is 1. The number of hydrogen-bond donors (Lipinski definition) is 2. The Balaban J connectivity index is 1.57. The van der Waals surface area contributed by atoms with Crippen LogP contribution in [0.25, 0.3) is 0 Å². The molecule has 0 spiro atoms. The maximum absolute atomic E-state index is 13.9. The lowest BCUT2D eigenvalue weighted by atomic mass is 10.1. The fourth-order valence-electron chi connectivity index (χ4n) is 3.03. The molecule has 2 heterocycles. The molecular formula is C19H20ClFN6. The Hall–Kier alpha value is -2.85. The summed E-state index contributed by atoms with van der Waals surface area (Å²) in [4.78, 5) is 10.7. The van der Waals surface area contributed by atoms with Crippen LogP contribution in [0.15, 0.2) is 41.5 Å². The Labute approximate surface area is 162 Å². The molecule has 1 aliphatic rings. The average molecular weight is 387 g/mol. The third-order valence-corrected chi connectivity index (χ3v) is 4.71. The van der Waals surface area contributed by atoms with Gasteiger partial charge in [-0.25, -0.2) is 9.37 Å². The minimum atomic E-state index is -0.353. The van der Waals surface area contributed by atoms with E-state index in [1.165, 1.54) is 18.2 Å². The minimum absolute atomic E-state index is 0.171. The number of rotatable bonds is 4. The van der Waals surface area contributed by atoms with Gasteiger partial charge in [0.2, 0.25) is 0 Å². The summed E-state index contributed by atoms with van der Waals surface area (Å²) < 4.78 is 13.9. The smallest absolute Gasteiger partial charge is 0.191 e. The summed E-state index contributed by atoms with van der Waals surface area (Å²) in [5, 5.41) is 16.0. The summed E-state index contributed by atoms with van der Waals surface area (Å²) in [6, 6.07) is 10.1. The van der Waals surface area contributed by atoms with Gasteiger partial charge in [-0.15, -0.1) is 0 Å². The zero-order chi connectivity index (χ0) is 19.2. The maximum Gasteiger partial charge on any atom is 0.191 e. The van der Waals surface area contributed by atoms with Crippen molar-refractivity contribution in [1.82, 2.24) is 15.6 Å². The number of nitrogens with one attached hydrogen (secondary N) is 2. The Kier molecular flexibility index (Phi) is 6.09. The first-order valence-electron chi connectivity index (χ1n) is 8.62. The van der Waals surface area contributed by atoms with Gasteiger partial charge in [-0.3, -0.25) is 4.99 Å². The monoisotopic (exact) mass is 386 g/mol. The lowest BCUT2D eigenvalue weighted by molar-refractivity contribution is 0.600. The Morgan fingerprint density at radius 2 is 2.33 bits per heavy atom. The minimum Gasteiger partial charge on any atom is -0.353 e. The van der Waals surface area contributed by atoms with Gasteiger partial charge in [0.05, 0.1) is 16.7 Å². The molecular weight excluding hydrogens is 367 g/mol. The summed E-state index contributed by atoms with van der Waals surface area (Å²) in [5.74, 6) is 1.01. The predicted octanol–water partition coefficient (Wildman–Crippen LogP) is 2.69. The topological polar surface area (TPSA) is 76.3 Å². The van der Waals surface area contributed by atoms with E-state index in [9.17, 15) is 4.39 Å². The third-order valence-electron chi connectivity index (χ3n) is 4.41. The van der Waals surface area contributed by atoms with Crippen LogP contribution in [0.4, 0.5) is 10.2 Å². The van der Waals surface area contributed by atoms with Crippen LogP contribution in [0.5, 0.6) is 0 Å². The summed E-state index contributed by atoms with van der Waals surface area (Å²) in [7, 11) is 1.67. The molecule has 0 bridgehead atoms. The molecule has 3 rings (SSSR count). The van der Waals surface area contributed by atoms with Crippen LogP contribution in [-0.2, 0) is 6.54 Å². The number of aliphatic imine (C=N–C) groups is 1. The number of hydrogen-bond acceptors (Lipinski definition) is 4. The number of nitriles is 1. The van der Waals surface area contributed by atoms with E-state index in [4.69, 9.17) is 16.9 Å². The third kappa shape index (κ3) is 4.66. The number of nitrogens with zero attached hydrogens (tertiary/aromatic N) is 4. The number of guanidine groups is 1. The molecule has 8 heteroatoms. The summed E-state index contributed by atoms with van der Waals surface area (Å²) in [6.45, 7) is 1.82. The number of benzene rings is 1. The standard InChI is InChI=1S/C19H20ClFN6/c1-23-19(25-11-14-9-13(10-22)4-5-17(14)21)26-15-6-8-27(12-15)18-16(20)3-2-7-24-18/h2-5,7,9,15H,6,8,11-12H2,1H3,(H2,23,25,26). The van der Waals surface area contributed by atoms with Crippen LogP contribution in [0.3, 0.4) is 0 Å². The molecule has 1 aliphatic heterocycles. The first-order valence-corrected chi connectivity index (χ1v) is 8.99. The fourth-order valence-corrected chi connectivity index (χ4v) is 3.27. The zero-order valence-electron chi connectivity index (χ0n) is 14.9. The van der Waals surface area contributed by atoms with Crippen LogP contribution in [0.1, 0.15) is 17.5 Å². The van der Waals surface area contributed by atoms with E-state index in [-0.39, 0.29) is 18.4 Å². The molecule has 1 unspecified atom stereocenters. The number of pyridine rings is 1. The predicted molar refractivity (Wildman–Crippen MR) is 104 cm³/mol. The Morgan fingerprint density at radius 3 is 3.07 bits per heavy atom. The first kappa shape index (κ1) is 18.9. The molecule has 2 aromatic rings. The molecule has 27 heavy (non-hydrogen) atoms. The van der Waals surface area contributed by atoms with Crippen molar-refractivity contribution in [2.45, 2.75) is 19.0 Å². The van der Waals surface area contributed by atoms with Crippen molar-refractivity contribution in [3.63, 3.8) is 0 Å². The van der Waals surface area contributed by atoms with Crippen molar-refractivity contribution in [3.8, 4) is 6.07 Å². The second kappa shape index (κ2) is 8.69. The van der Waals surface area contributed by atoms with E-state index in [0.29, 0.717) is 22.1 Å². The fraction of sp³-hybridized carbons (Fsp3) is 0.316. The molecule has 0 amide bonds. The van der Waals surface area contributed by atoms with E-state index in [1.807, 2.05) is 18.2 Å². The van der Waals surface area contributed by atoms with Crippen molar-refractivity contribution in [2.75, 3.05) is 25.0 Å². The van der Waals surface area contributed by atoms with E-state index in [1.54, 1.807) is 13.2 Å². The first-order chi connectivity index (χ1) is 13.1. The molecule has 2 N–H and O–H groups in total.